The van der Waals surface area contributed by atoms with Crippen LogP contribution in [-0.4, -0.2) is 42.0 Å². The average molecular weight is 435 g/mol. The zero-order valence-corrected chi connectivity index (χ0v) is 21.3. The second-order valence-electron chi connectivity index (χ2n) is 9.48. The molecule has 2 atom stereocenters. The van der Waals surface area contributed by atoms with Crippen molar-refractivity contribution in [2.24, 2.45) is 4.99 Å². The highest BCUT2D eigenvalue weighted by atomic mass is 16.1. The van der Waals surface area contributed by atoms with Gasteiger partial charge in [0.15, 0.2) is 6.17 Å². The molecule has 4 nitrogen and oxygen atoms in total. The van der Waals surface area contributed by atoms with Crippen molar-refractivity contribution in [1.29, 1.82) is 0 Å². The van der Waals surface area contributed by atoms with Gasteiger partial charge in [-0.3, -0.25) is 9.28 Å². The number of amidine groups is 1. The quantitative estimate of drug-likeness (QED) is 0.170. The minimum Gasteiger partial charge on any atom is -0.307 e. The van der Waals surface area contributed by atoms with Crippen molar-refractivity contribution in [1.82, 2.24) is 5.32 Å². The Morgan fingerprint density at radius 3 is 1.94 bits per heavy atom. The highest BCUT2D eigenvalue weighted by Gasteiger charge is 2.40. The standard InChI is InChI=1S/C27H51N3O/c1-5-7-8-9-10-11-12-13-14-15-16-17-18-19-20-21-22-27-28-23-24-30(27,6-2)25(3)29-26(4)31/h21-22,25H,5-20,23-24H2,1-4H3/p+1/b22-21+. The maximum atomic E-state index is 11.5. The van der Waals surface area contributed by atoms with Crippen LogP contribution in [0, 0.1) is 0 Å². The van der Waals surface area contributed by atoms with Crippen LogP contribution < -0.4 is 5.32 Å². The van der Waals surface area contributed by atoms with Gasteiger partial charge in [0.05, 0.1) is 13.1 Å². The van der Waals surface area contributed by atoms with Gasteiger partial charge in [-0.2, -0.15) is 0 Å². The van der Waals surface area contributed by atoms with Crippen molar-refractivity contribution in [2.75, 3.05) is 19.6 Å². The molecule has 0 saturated carbocycles. The van der Waals surface area contributed by atoms with Gasteiger partial charge in [-0.05, 0) is 19.8 Å². The number of hydrogen-bond donors (Lipinski definition) is 1. The molecule has 1 N–H and O–H groups in total. The predicted octanol–water partition coefficient (Wildman–Crippen LogP) is 7.14. The van der Waals surface area contributed by atoms with Crippen LogP contribution in [0.3, 0.4) is 0 Å². The normalized spacial score (nSPS) is 19.7. The Bertz CT molecular complexity index is 529. The fourth-order valence-electron chi connectivity index (χ4n) is 4.85. The molecule has 4 heteroatoms. The first-order valence-corrected chi connectivity index (χ1v) is 13.4. The van der Waals surface area contributed by atoms with Gasteiger partial charge in [0.25, 0.3) is 0 Å². The zero-order valence-electron chi connectivity index (χ0n) is 21.3. The number of unbranched alkanes of at least 4 members (excludes halogenated alkanes) is 14. The van der Waals surface area contributed by atoms with Crippen molar-refractivity contribution < 1.29 is 9.28 Å². The Hall–Kier alpha value is -1.16. The second kappa shape index (κ2) is 17.4. The number of hydrogen-bond acceptors (Lipinski definition) is 2. The van der Waals surface area contributed by atoms with E-state index in [2.05, 4.69) is 38.2 Å². The van der Waals surface area contributed by atoms with E-state index in [0.717, 1.165) is 36.4 Å². The first-order chi connectivity index (χ1) is 15.1. The molecule has 0 bridgehead atoms. The Labute approximate surface area is 193 Å². The lowest BCUT2D eigenvalue weighted by Crippen LogP contribution is -2.62. The molecule has 180 valence electrons. The maximum absolute atomic E-state index is 11.5. The van der Waals surface area contributed by atoms with Crippen LogP contribution in [0.2, 0.25) is 0 Å². The molecular weight excluding hydrogens is 382 g/mol. The summed E-state index contributed by atoms with van der Waals surface area (Å²) < 4.78 is 0.773. The van der Waals surface area contributed by atoms with E-state index >= 15 is 0 Å². The van der Waals surface area contributed by atoms with Gasteiger partial charge in [-0.15, -0.1) is 0 Å². The Morgan fingerprint density at radius 1 is 0.935 bits per heavy atom. The monoisotopic (exact) mass is 434 g/mol. The summed E-state index contributed by atoms with van der Waals surface area (Å²) in [4.78, 5) is 16.3. The van der Waals surface area contributed by atoms with Crippen LogP contribution >= 0.6 is 0 Å². The first-order valence-electron chi connectivity index (χ1n) is 13.4. The predicted molar refractivity (Wildman–Crippen MR) is 135 cm³/mol. The molecule has 1 rings (SSSR count). The number of carbonyl (C=O) groups excluding carboxylic acids is 1. The minimum absolute atomic E-state index is 0.0380. The van der Waals surface area contributed by atoms with Crippen molar-refractivity contribution in [3.8, 4) is 0 Å². The van der Waals surface area contributed by atoms with Gasteiger partial charge in [0.2, 0.25) is 11.7 Å². The molecule has 1 aliphatic rings. The Morgan fingerprint density at radius 2 is 1.45 bits per heavy atom. The molecule has 0 fully saturated rings. The summed E-state index contributed by atoms with van der Waals surface area (Å²) in [5, 5.41) is 3.08. The van der Waals surface area contributed by atoms with E-state index in [1.165, 1.54) is 89.9 Å². The summed E-state index contributed by atoms with van der Waals surface area (Å²) >= 11 is 0. The third kappa shape index (κ3) is 11.3. The highest BCUT2D eigenvalue weighted by molar-refractivity contribution is 5.88. The molecule has 0 saturated heterocycles. The van der Waals surface area contributed by atoms with Gasteiger partial charge in [-0.1, -0.05) is 96.5 Å². The summed E-state index contributed by atoms with van der Waals surface area (Å²) in [7, 11) is 0. The largest absolute Gasteiger partial charge is 0.307 e. The number of amides is 1. The molecule has 0 radical (unpaired) electrons. The summed E-state index contributed by atoms with van der Waals surface area (Å²) in [6.45, 7) is 11.0. The lowest BCUT2D eigenvalue weighted by atomic mass is 10.0. The van der Waals surface area contributed by atoms with Gasteiger partial charge in [0.1, 0.15) is 6.54 Å². The fourth-order valence-corrected chi connectivity index (χ4v) is 4.85. The molecule has 0 spiro atoms. The zero-order chi connectivity index (χ0) is 22.8. The van der Waals surface area contributed by atoms with Crippen LogP contribution in [-0.2, 0) is 4.79 Å². The number of nitrogens with zero attached hydrogens (tertiary/aromatic N) is 2. The van der Waals surface area contributed by atoms with Crippen molar-refractivity contribution in [3.63, 3.8) is 0 Å². The molecule has 1 aliphatic heterocycles. The molecule has 1 heterocycles. The average Bonchev–Trinajstić information content (AvgIpc) is 3.17. The van der Waals surface area contributed by atoms with Gasteiger partial charge < -0.3 is 5.32 Å². The van der Waals surface area contributed by atoms with Crippen molar-refractivity contribution in [2.45, 2.75) is 130 Å². The Kier molecular flexibility index (Phi) is 15.6. The molecule has 2 unspecified atom stereocenters. The third-order valence-electron chi connectivity index (χ3n) is 6.94. The number of aliphatic imine (C=N–C) groups is 1. The van der Waals surface area contributed by atoms with Crippen molar-refractivity contribution >= 4 is 11.7 Å². The number of carbonyl (C=O) groups is 1. The van der Waals surface area contributed by atoms with E-state index in [4.69, 9.17) is 4.99 Å². The molecule has 1 amide bonds. The Balaban J connectivity index is 2.06. The second-order valence-corrected chi connectivity index (χ2v) is 9.48. The van der Waals surface area contributed by atoms with E-state index in [-0.39, 0.29) is 12.1 Å². The van der Waals surface area contributed by atoms with Crippen LogP contribution in [0.1, 0.15) is 124 Å². The van der Waals surface area contributed by atoms with E-state index in [1.54, 1.807) is 6.92 Å². The number of quaternary nitrogens is 1. The van der Waals surface area contributed by atoms with E-state index < -0.39 is 0 Å². The van der Waals surface area contributed by atoms with E-state index in [1.807, 2.05) is 0 Å². The van der Waals surface area contributed by atoms with Crippen LogP contribution in [0.15, 0.2) is 17.1 Å². The number of likely N-dealkylation sites (N-methyl/N-ethyl adjacent to an activating group) is 1. The first kappa shape index (κ1) is 27.9. The van der Waals surface area contributed by atoms with Gasteiger partial charge >= 0.3 is 0 Å². The number of allylic oxidation sites excluding steroid dienone is 1. The molecule has 0 aromatic rings. The summed E-state index contributed by atoms with van der Waals surface area (Å²) in [6.07, 6.45) is 25.4. The van der Waals surface area contributed by atoms with Gasteiger partial charge in [0, 0.05) is 19.9 Å². The maximum Gasteiger partial charge on any atom is 0.224 e. The lowest BCUT2D eigenvalue weighted by Gasteiger charge is -2.38. The SMILES string of the molecule is CCCCCCCCCCCCCCCC/C=C/C1=NCC[N+]1(CC)C(C)NC(C)=O. The van der Waals surface area contributed by atoms with E-state index in [9.17, 15) is 4.79 Å². The summed E-state index contributed by atoms with van der Waals surface area (Å²) in [5.74, 6) is 1.17. The smallest absolute Gasteiger partial charge is 0.224 e. The summed E-state index contributed by atoms with van der Waals surface area (Å²) in [5.41, 5.74) is 0. The van der Waals surface area contributed by atoms with Gasteiger partial charge in [-0.25, -0.2) is 4.99 Å². The lowest BCUT2D eigenvalue weighted by molar-refractivity contribution is -0.859. The van der Waals surface area contributed by atoms with Crippen LogP contribution in [0.25, 0.3) is 0 Å². The number of nitrogens with one attached hydrogen (secondary N) is 1. The number of rotatable bonds is 19. The fraction of sp³-hybridized carbons (Fsp3) is 0.852. The minimum atomic E-state index is 0.0380. The molecular formula is C27H52N3O+. The van der Waals surface area contributed by atoms with Crippen LogP contribution in [0.4, 0.5) is 0 Å². The molecule has 0 aliphatic carbocycles. The third-order valence-corrected chi connectivity index (χ3v) is 6.94. The molecule has 0 aromatic heterocycles. The molecule has 31 heavy (non-hydrogen) atoms. The highest BCUT2D eigenvalue weighted by Crippen LogP contribution is 2.20. The van der Waals surface area contributed by atoms with E-state index in [0.29, 0.717) is 0 Å². The molecule has 0 aromatic carbocycles. The van der Waals surface area contributed by atoms with Crippen molar-refractivity contribution in [3.05, 3.63) is 12.2 Å². The van der Waals surface area contributed by atoms with Crippen LogP contribution in [0.5, 0.6) is 0 Å². The summed E-state index contributed by atoms with van der Waals surface area (Å²) in [6, 6.07) is 0. The topological polar surface area (TPSA) is 41.5 Å².